The fourth-order valence-electron chi connectivity index (χ4n) is 2.96. The third kappa shape index (κ3) is 4.31. The Morgan fingerprint density at radius 1 is 0.815 bits per heavy atom. The van der Waals surface area contributed by atoms with Gasteiger partial charge in [-0.2, -0.15) is 0 Å². The highest BCUT2D eigenvalue weighted by Crippen LogP contribution is 2.24. The minimum Gasteiger partial charge on any atom is -0.471 e. The zero-order chi connectivity index (χ0) is 19.3. The number of hydrogen-bond donors (Lipinski definition) is 0. The molecule has 27 heavy (non-hydrogen) atoms. The molecule has 0 fully saturated rings. The lowest BCUT2D eigenvalue weighted by Gasteiger charge is -2.30. The lowest BCUT2D eigenvalue weighted by molar-refractivity contribution is 0.216. The second-order valence-electron chi connectivity index (χ2n) is 6.13. The van der Waals surface area contributed by atoms with Gasteiger partial charge in [-0.25, -0.2) is 8.42 Å². The molecule has 0 aromatic heterocycles. The normalized spacial score (nSPS) is 12.4. The molecule has 3 aromatic carbocycles. The van der Waals surface area contributed by atoms with Crippen LogP contribution in [0.15, 0.2) is 94.7 Å². The Bertz CT molecular complexity index is 955. The van der Waals surface area contributed by atoms with Gasteiger partial charge in [0.1, 0.15) is 5.75 Å². The Morgan fingerprint density at radius 2 is 1.33 bits per heavy atom. The summed E-state index contributed by atoms with van der Waals surface area (Å²) in [5.74, 6) is 0.629. The van der Waals surface area contributed by atoms with Gasteiger partial charge in [0.05, 0.1) is 9.79 Å². The van der Waals surface area contributed by atoms with Crippen molar-refractivity contribution in [3.63, 3.8) is 0 Å². The van der Waals surface area contributed by atoms with Gasteiger partial charge in [-0.1, -0.05) is 36.4 Å². The van der Waals surface area contributed by atoms with Crippen molar-refractivity contribution < 1.29 is 13.2 Å². The molecule has 0 spiro atoms. The van der Waals surface area contributed by atoms with Crippen LogP contribution in [-0.2, 0) is 9.84 Å². The van der Waals surface area contributed by atoms with Gasteiger partial charge in [0.2, 0.25) is 9.84 Å². The second kappa shape index (κ2) is 8.27. The van der Waals surface area contributed by atoms with E-state index in [-0.39, 0.29) is 16.0 Å². The Morgan fingerprint density at radius 3 is 1.89 bits per heavy atom. The molecule has 0 aliphatic carbocycles. The predicted molar refractivity (Wildman–Crippen MR) is 108 cm³/mol. The van der Waals surface area contributed by atoms with E-state index in [9.17, 15) is 8.42 Å². The largest absolute Gasteiger partial charge is 0.471 e. The molecule has 5 heteroatoms. The van der Waals surface area contributed by atoms with Gasteiger partial charge in [-0.3, -0.25) is 0 Å². The lowest BCUT2D eigenvalue weighted by atomic mass is 10.3. The van der Waals surface area contributed by atoms with Crippen LogP contribution in [0, 0.1) is 0 Å². The SMILES string of the molecule is CCN(c1ccccc1)C(C)Oc1ccc(S(=O)(=O)c2ccccc2)cc1. The standard InChI is InChI=1S/C22H23NO3S/c1-3-23(19-10-6-4-7-11-19)18(2)26-20-14-16-22(17-15-20)27(24,25)21-12-8-5-9-13-21/h4-18H,3H2,1-2H3. The number of ether oxygens (including phenoxy) is 1. The first kappa shape index (κ1) is 19.0. The molecule has 140 valence electrons. The predicted octanol–water partition coefficient (Wildman–Crippen LogP) is 4.77. The summed E-state index contributed by atoms with van der Waals surface area (Å²) in [4.78, 5) is 2.67. The fraction of sp³-hybridized carbons (Fsp3) is 0.182. The summed E-state index contributed by atoms with van der Waals surface area (Å²) in [6, 6.07) is 25.0. The maximum atomic E-state index is 12.7. The summed E-state index contributed by atoms with van der Waals surface area (Å²) >= 11 is 0. The summed E-state index contributed by atoms with van der Waals surface area (Å²) < 4.78 is 31.3. The van der Waals surface area contributed by atoms with Crippen LogP contribution >= 0.6 is 0 Å². The van der Waals surface area contributed by atoms with E-state index >= 15 is 0 Å². The molecule has 3 rings (SSSR count). The van der Waals surface area contributed by atoms with Crippen LogP contribution in [-0.4, -0.2) is 21.2 Å². The van der Waals surface area contributed by atoms with Gasteiger partial charge in [-0.05, 0) is 62.4 Å². The number of para-hydroxylation sites is 1. The summed E-state index contributed by atoms with van der Waals surface area (Å²) in [6.45, 7) is 4.85. The van der Waals surface area contributed by atoms with Crippen LogP contribution in [0.25, 0.3) is 0 Å². The average Bonchev–Trinajstić information content (AvgIpc) is 2.70. The third-order valence-electron chi connectivity index (χ3n) is 4.36. The van der Waals surface area contributed by atoms with Crippen LogP contribution in [0.4, 0.5) is 5.69 Å². The number of hydrogen-bond acceptors (Lipinski definition) is 4. The van der Waals surface area contributed by atoms with Crippen molar-refractivity contribution in [3.8, 4) is 5.75 Å². The quantitative estimate of drug-likeness (QED) is 0.553. The number of benzene rings is 3. The maximum absolute atomic E-state index is 12.7. The van der Waals surface area contributed by atoms with E-state index in [1.54, 1.807) is 54.6 Å². The maximum Gasteiger partial charge on any atom is 0.206 e. The Hall–Kier alpha value is -2.79. The first-order valence-corrected chi connectivity index (χ1v) is 10.4. The molecular weight excluding hydrogens is 358 g/mol. The Labute approximate surface area is 161 Å². The first-order chi connectivity index (χ1) is 13.0. The number of nitrogens with zero attached hydrogens (tertiary/aromatic N) is 1. The Balaban J connectivity index is 1.76. The number of anilines is 1. The second-order valence-corrected chi connectivity index (χ2v) is 8.08. The van der Waals surface area contributed by atoms with Crippen molar-refractivity contribution in [1.82, 2.24) is 0 Å². The molecule has 1 unspecified atom stereocenters. The summed E-state index contributed by atoms with van der Waals surface area (Å²) in [7, 11) is -3.51. The van der Waals surface area contributed by atoms with Crippen molar-refractivity contribution in [2.24, 2.45) is 0 Å². The van der Waals surface area contributed by atoms with Crippen LogP contribution in [0.3, 0.4) is 0 Å². The summed E-state index contributed by atoms with van der Waals surface area (Å²) in [5, 5.41) is 0. The van der Waals surface area contributed by atoms with E-state index in [1.165, 1.54) is 0 Å². The van der Waals surface area contributed by atoms with Gasteiger partial charge in [0.15, 0.2) is 6.23 Å². The van der Waals surface area contributed by atoms with Gasteiger partial charge in [0, 0.05) is 12.2 Å². The number of sulfone groups is 1. The summed E-state index contributed by atoms with van der Waals surface area (Å²) in [6.07, 6.45) is -0.186. The molecule has 0 N–H and O–H groups in total. The van der Waals surface area contributed by atoms with Crippen LogP contribution in [0.5, 0.6) is 5.75 Å². The van der Waals surface area contributed by atoms with Crippen LogP contribution in [0.2, 0.25) is 0 Å². The van der Waals surface area contributed by atoms with E-state index in [1.807, 2.05) is 37.3 Å². The zero-order valence-corrected chi connectivity index (χ0v) is 16.3. The third-order valence-corrected chi connectivity index (χ3v) is 6.15. The molecule has 0 bridgehead atoms. The molecule has 0 aliphatic heterocycles. The lowest BCUT2D eigenvalue weighted by Crippen LogP contribution is -2.37. The van der Waals surface area contributed by atoms with Crippen molar-refractivity contribution in [3.05, 3.63) is 84.9 Å². The highest BCUT2D eigenvalue weighted by molar-refractivity contribution is 7.91. The topological polar surface area (TPSA) is 46.6 Å². The Kier molecular flexibility index (Phi) is 5.81. The summed E-state index contributed by atoms with van der Waals surface area (Å²) in [5.41, 5.74) is 1.08. The fourth-order valence-corrected chi connectivity index (χ4v) is 4.24. The molecule has 0 heterocycles. The minimum absolute atomic E-state index is 0.186. The van der Waals surface area contributed by atoms with Crippen molar-refractivity contribution in [2.75, 3.05) is 11.4 Å². The molecular formula is C22H23NO3S. The highest BCUT2D eigenvalue weighted by Gasteiger charge is 2.18. The van der Waals surface area contributed by atoms with Crippen molar-refractivity contribution >= 4 is 15.5 Å². The molecule has 0 saturated heterocycles. The van der Waals surface area contributed by atoms with E-state index in [2.05, 4.69) is 11.8 Å². The van der Waals surface area contributed by atoms with E-state index < -0.39 is 9.84 Å². The monoisotopic (exact) mass is 381 g/mol. The molecule has 0 amide bonds. The van der Waals surface area contributed by atoms with Crippen LogP contribution in [0.1, 0.15) is 13.8 Å². The van der Waals surface area contributed by atoms with Gasteiger partial charge in [0.25, 0.3) is 0 Å². The van der Waals surface area contributed by atoms with E-state index in [0.717, 1.165) is 12.2 Å². The molecule has 0 aliphatic rings. The van der Waals surface area contributed by atoms with Crippen molar-refractivity contribution in [2.45, 2.75) is 29.9 Å². The first-order valence-electron chi connectivity index (χ1n) is 8.91. The van der Waals surface area contributed by atoms with Gasteiger partial charge >= 0.3 is 0 Å². The van der Waals surface area contributed by atoms with Gasteiger partial charge in [-0.15, -0.1) is 0 Å². The molecule has 4 nitrogen and oxygen atoms in total. The van der Waals surface area contributed by atoms with Crippen molar-refractivity contribution in [1.29, 1.82) is 0 Å². The van der Waals surface area contributed by atoms with E-state index in [0.29, 0.717) is 5.75 Å². The van der Waals surface area contributed by atoms with Crippen LogP contribution < -0.4 is 9.64 Å². The minimum atomic E-state index is -3.51. The molecule has 0 saturated carbocycles. The molecule has 3 aromatic rings. The average molecular weight is 381 g/mol. The highest BCUT2D eigenvalue weighted by atomic mass is 32.2. The zero-order valence-electron chi connectivity index (χ0n) is 15.4. The molecule has 1 atom stereocenters. The van der Waals surface area contributed by atoms with Gasteiger partial charge < -0.3 is 9.64 Å². The number of rotatable bonds is 7. The smallest absolute Gasteiger partial charge is 0.206 e. The molecule has 0 radical (unpaired) electrons. The van der Waals surface area contributed by atoms with E-state index in [4.69, 9.17) is 4.74 Å².